The molecule has 7 heteroatoms. The predicted octanol–water partition coefficient (Wildman–Crippen LogP) is 3.34. The van der Waals surface area contributed by atoms with Crippen LogP contribution in [0.4, 0.5) is 0 Å². The Balaban J connectivity index is 2.00. The van der Waals surface area contributed by atoms with Crippen molar-refractivity contribution in [1.29, 1.82) is 0 Å². The average molecular weight is 402 g/mol. The van der Waals surface area contributed by atoms with Crippen molar-refractivity contribution >= 4 is 26.0 Å². The van der Waals surface area contributed by atoms with Crippen LogP contribution in [0, 0.1) is 0 Å². The lowest BCUT2D eigenvalue weighted by molar-refractivity contribution is 0.347. The molecule has 0 saturated heterocycles. The summed E-state index contributed by atoms with van der Waals surface area (Å²) >= 11 is 3.36. The van der Waals surface area contributed by atoms with Gasteiger partial charge < -0.3 is 9.47 Å². The van der Waals surface area contributed by atoms with Gasteiger partial charge in [0.15, 0.2) is 11.5 Å². The van der Waals surface area contributed by atoms with Crippen LogP contribution in [-0.2, 0) is 10.0 Å². The monoisotopic (exact) mass is 401 g/mol. The summed E-state index contributed by atoms with van der Waals surface area (Å²) in [6.45, 7) is 0.448. The number of halogens is 1. The fraction of sp³-hybridized carbons (Fsp3) is 0.500. The zero-order valence-corrected chi connectivity index (χ0v) is 15.6. The van der Waals surface area contributed by atoms with E-state index >= 15 is 0 Å². The van der Waals surface area contributed by atoms with Crippen molar-refractivity contribution in [2.45, 2.75) is 36.6 Å². The Hall–Kier alpha value is -1.05. The van der Waals surface area contributed by atoms with E-state index in [9.17, 15) is 8.42 Å². The number of hydrogen-bond acceptors (Lipinski definition) is 4. The van der Waals surface area contributed by atoms with Crippen molar-refractivity contribution in [1.82, 2.24) is 4.31 Å². The van der Waals surface area contributed by atoms with Crippen LogP contribution < -0.4 is 9.47 Å². The smallest absolute Gasteiger partial charge is 0.245 e. The molecule has 1 aromatic carbocycles. The van der Waals surface area contributed by atoms with Crippen molar-refractivity contribution in [2.75, 3.05) is 20.8 Å². The minimum Gasteiger partial charge on any atom is -0.493 e. The first-order valence-electron chi connectivity index (χ1n) is 7.61. The molecule has 126 valence electrons. The Morgan fingerprint density at radius 3 is 2.57 bits per heavy atom. The lowest BCUT2D eigenvalue weighted by Gasteiger charge is -2.30. The fourth-order valence-electron chi connectivity index (χ4n) is 3.35. The van der Waals surface area contributed by atoms with Crippen LogP contribution in [0.15, 0.2) is 33.2 Å². The molecule has 0 bridgehead atoms. The van der Waals surface area contributed by atoms with E-state index in [1.807, 2.05) is 0 Å². The summed E-state index contributed by atoms with van der Waals surface area (Å²) in [4.78, 5) is 0.218. The molecule has 1 aliphatic carbocycles. The average Bonchev–Trinajstić information content (AvgIpc) is 2.99. The molecule has 1 saturated carbocycles. The Labute approximate surface area is 145 Å². The molecule has 1 atom stereocenters. The van der Waals surface area contributed by atoms with Crippen molar-refractivity contribution < 1.29 is 17.9 Å². The Kier molecular flexibility index (Phi) is 4.71. The van der Waals surface area contributed by atoms with E-state index in [1.54, 1.807) is 10.4 Å². The molecule has 1 fully saturated rings. The van der Waals surface area contributed by atoms with Crippen LogP contribution in [0.5, 0.6) is 11.5 Å². The van der Waals surface area contributed by atoms with E-state index < -0.39 is 10.0 Å². The molecule has 0 spiro atoms. The van der Waals surface area contributed by atoms with Gasteiger partial charge >= 0.3 is 0 Å². The number of methoxy groups -OCH3 is 2. The largest absolute Gasteiger partial charge is 0.493 e. The van der Waals surface area contributed by atoms with E-state index in [2.05, 4.69) is 22.0 Å². The highest BCUT2D eigenvalue weighted by atomic mass is 79.9. The van der Waals surface area contributed by atoms with Gasteiger partial charge in [-0.3, -0.25) is 0 Å². The maximum Gasteiger partial charge on any atom is 0.245 e. The number of rotatable bonds is 4. The van der Waals surface area contributed by atoms with E-state index in [0.29, 0.717) is 22.5 Å². The maximum absolute atomic E-state index is 13.1. The first-order valence-corrected chi connectivity index (χ1v) is 9.84. The Morgan fingerprint density at radius 1 is 1.17 bits per heavy atom. The molecule has 0 radical (unpaired) electrons. The van der Waals surface area contributed by atoms with Gasteiger partial charge in [-0.1, -0.05) is 18.1 Å². The van der Waals surface area contributed by atoms with Gasteiger partial charge in [0, 0.05) is 23.1 Å². The number of sulfonamides is 1. The normalized spacial score (nSPS) is 21.7. The molecule has 0 N–H and O–H groups in total. The highest BCUT2D eigenvalue weighted by molar-refractivity contribution is 9.10. The Morgan fingerprint density at radius 2 is 1.87 bits per heavy atom. The van der Waals surface area contributed by atoms with Gasteiger partial charge in [0.2, 0.25) is 10.0 Å². The molecule has 1 aliphatic heterocycles. The number of ether oxygens (including phenoxy) is 2. The van der Waals surface area contributed by atoms with Crippen LogP contribution in [-0.4, -0.2) is 39.5 Å². The van der Waals surface area contributed by atoms with E-state index in [4.69, 9.17) is 9.47 Å². The highest BCUT2D eigenvalue weighted by Gasteiger charge is 2.38. The lowest BCUT2D eigenvalue weighted by Crippen LogP contribution is -2.38. The topological polar surface area (TPSA) is 55.8 Å². The number of benzene rings is 1. The fourth-order valence-corrected chi connectivity index (χ4v) is 5.94. The lowest BCUT2D eigenvalue weighted by atomic mass is 9.92. The van der Waals surface area contributed by atoms with Crippen molar-refractivity contribution in [3.05, 3.63) is 28.3 Å². The van der Waals surface area contributed by atoms with Gasteiger partial charge in [0.05, 0.1) is 14.2 Å². The SMILES string of the molecule is COc1cc(Br)c(S(=O)(=O)N2CC=C3CCCCC32)cc1OC. The third-order valence-corrected chi connectivity index (χ3v) is 7.36. The maximum atomic E-state index is 13.1. The molecule has 1 aromatic rings. The van der Waals surface area contributed by atoms with Crippen LogP contribution in [0.2, 0.25) is 0 Å². The van der Waals surface area contributed by atoms with Gasteiger partial charge in [-0.2, -0.15) is 4.31 Å². The highest BCUT2D eigenvalue weighted by Crippen LogP contribution is 2.40. The second-order valence-corrected chi connectivity index (χ2v) is 8.47. The van der Waals surface area contributed by atoms with Crippen LogP contribution >= 0.6 is 15.9 Å². The van der Waals surface area contributed by atoms with Crippen LogP contribution in [0.25, 0.3) is 0 Å². The Bertz CT molecular complexity index is 745. The van der Waals surface area contributed by atoms with Gasteiger partial charge in [-0.05, 0) is 41.3 Å². The van der Waals surface area contributed by atoms with Crippen LogP contribution in [0.1, 0.15) is 25.7 Å². The minimum atomic E-state index is -3.60. The molecule has 0 amide bonds. The van der Waals surface area contributed by atoms with Crippen molar-refractivity contribution in [2.24, 2.45) is 0 Å². The molecule has 1 unspecified atom stereocenters. The standard InChI is InChI=1S/C16H20BrNO4S/c1-21-14-9-12(17)16(10-15(14)22-2)23(19,20)18-8-7-11-5-3-4-6-13(11)18/h7,9-10,13H,3-6,8H2,1-2H3. The third kappa shape index (κ3) is 2.90. The first-order chi connectivity index (χ1) is 11.0. The molecule has 2 aliphatic rings. The molecule has 3 rings (SSSR count). The van der Waals surface area contributed by atoms with Gasteiger partial charge in [-0.15, -0.1) is 0 Å². The van der Waals surface area contributed by atoms with Gasteiger partial charge in [0.25, 0.3) is 0 Å². The molecular weight excluding hydrogens is 382 g/mol. The van der Waals surface area contributed by atoms with Gasteiger partial charge in [0.1, 0.15) is 4.90 Å². The molecular formula is C16H20BrNO4S. The minimum absolute atomic E-state index is 0.00810. The summed E-state index contributed by atoms with van der Waals surface area (Å²) in [7, 11) is -0.575. The van der Waals surface area contributed by atoms with E-state index in [-0.39, 0.29) is 10.9 Å². The van der Waals surface area contributed by atoms with E-state index in [0.717, 1.165) is 25.7 Å². The van der Waals surface area contributed by atoms with Gasteiger partial charge in [-0.25, -0.2) is 8.42 Å². The number of fused-ring (bicyclic) bond motifs is 1. The second-order valence-electron chi connectivity index (χ2n) is 5.75. The number of nitrogens with zero attached hydrogens (tertiary/aromatic N) is 1. The first kappa shape index (κ1) is 16.8. The summed E-state index contributed by atoms with van der Waals surface area (Å²) in [6.07, 6.45) is 6.19. The third-order valence-electron chi connectivity index (χ3n) is 4.53. The zero-order valence-electron chi connectivity index (χ0n) is 13.2. The summed E-state index contributed by atoms with van der Waals surface area (Å²) in [5.74, 6) is 0.904. The second kappa shape index (κ2) is 6.45. The molecule has 23 heavy (non-hydrogen) atoms. The van der Waals surface area contributed by atoms with E-state index in [1.165, 1.54) is 25.9 Å². The van der Waals surface area contributed by atoms with Crippen molar-refractivity contribution in [3.8, 4) is 11.5 Å². The zero-order chi connectivity index (χ0) is 16.6. The predicted molar refractivity (Wildman–Crippen MR) is 91.5 cm³/mol. The molecule has 0 aromatic heterocycles. The van der Waals surface area contributed by atoms with Crippen LogP contribution in [0.3, 0.4) is 0 Å². The molecule has 1 heterocycles. The summed E-state index contributed by atoms with van der Waals surface area (Å²) < 4.78 is 38.9. The molecule has 5 nitrogen and oxygen atoms in total. The summed E-state index contributed by atoms with van der Waals surface area (Å²) in [5, 5.41) is 0. The summed E-state index contributed by atoms with van der Waals surface area (Å²) in [6, 6.07) is 3.17. The van der Waals surface area contributed by atoms with Crippen molar-refractivity contribution in [3.63, 3.8) is 0 Å². The number of hydrogen-bond donors (Lipinski definition) is 0. The summed E-state index contributed by atoms with van der Waals surface area (Å²) in [5.41, 5.74) is 1.26. The quantitative estimate of drug-likeness (QED) is 0.725.